The van der Waals surface area contributed by atoms with Crippen molar-refractivity contribution in [1.82, 2.24) is 0 Å². The number of carbonyl (C=O) groups excluding carboxylic acids is 1. The summed E-state index contributed by atoms with van der Waals surface area (Å²) in [7, 11) is 0. The minimum Gasteiger partial charge on any atom is -0.312 e. The van der Waals surface area contributed by atoms with Crippen LogP contribution in [0, 0.1) is 17.2 Å². The molecule has 1 heterocycles. The highest BCUT2D eigenvalue weighted by atomic mass is 32.1. The van der Waals surface area contributed by atoms with Crippen LogP contribution in [0.2, 0.25) is 0 Å². The van der Waals surface area contributed by atoms with Crippen molar-refractivity contribution in [3.8, 4) is 6.07 Å². The SMILES string of the molecule is CC[C@H]1CCc2c(sc(NC(=O)c3cccc4ccccc34)c2C#N)C1. The van der Waals surface area contributed by atoms with Gasteiger partial charge in [0, 0.05) is 10.4 Å². The van der Waals surface area contributed by atoms with Gasteiger partial charge in [-0.3, -0.25) is 4.79 Å². The van der Waals surface area contributed by atoms with Gasteiger partial charge in [-0.25, -0.2) is 0 Å². The number of nitriles is 1. The fraction of sp³-hybridized carbons (Fsp3) is 0.273. The van der Waals surface area contributed by atoms with Crippen molar-refractivity contribution in [1.29, 1.82) is 5.26 Å². The third kappa shape index (κ3) is 2.89. The number of nitrogens with one attached hydrogen (secondary N) is 1. The first-order valence-electron chi connectivity index (χ1n) is 9.05. The molecule has 2 aromatic carbocycles. The minimum atomic E-state index is -0.149. The van der Waals surface area contributed by atoms with Crippen LogP contribution in [0.3, 0.4) is 0 Å². The van der Waals surface area contributed by atoms with Crippen molar-refractivity contribution in [2.75, 3.05) is 5.32 Å². The normalized spacial score (nSPS) is 16.1. The van der Waals surface area contributed by atoms with Crippen LogP contribution in [-0.4, -0.2) is 5.91 Å². The van der Waals surface area contributed by atoms with Gasteiger partial charge in [0.25, 0.3) is 5.91 Å². The van der Waals surface area contributed by atoms with Gasteiger partial charge < -0.3 is 5.32 Å². The fourth-order valence-corrected chi connectivity index (χ4v) is 5.11. The van der Waals surface area contributed by atoms with Crippen LogP contribution in [0.15, 0.2) is 42.5 Å². The number of benzene rings is 2. The molecule has 1 aliphatic carbocycles. The van der Waals surface area contributed by atoms with Crippen LogP contribution in [0.5, 0.6) is 0 Å². The maximum absolute atomic E-state index is 12.9. The quantitative estimate of drug-likeness (QED) is 0.666. The summed E-state index contributed by atoms with van der Waals surface area (Å²) in [5.74, 6) is 0.540. The molecular weight excluding hydrogens is 340 g/mol. The minimum absolute atomic E-state index is 0.149. The second-order valence-corrected chi connectivity index (χ2v) is 7.92. The molecule has 1 N–H and O–H groups in total. The average Bonchev–Trinajstić information content (AvgIpc) is 3.03. The van der Waals surface area contributed by atoms with E-state index in [2.05, 4.69) is 18.3 Å². The topological polar surface area (TPSA) is 52.9 Å². The number of nitrogens with zero attached hydrogens (tertiary/aromatic N) is 1. The third-order valence-electron chi connectivity index (χ3n) is 5.32. The van der Waals surface area contributed by atoms with Crippen LogP contribution >= 0.6 is 11.3 Å². The number of amides is 1. The third-order valence-corrected chi connectivity index (χ3v) is 6.49. The summed E-state index contributed by atoms with van der Waals surface area (Å²) in [4.78, 5) is 14.2. The Morgan fingerprint density at radius 1 is 1.27 bits per heavy atom. The number of hydrogen-bond donors (Lipinski definition) is 1. The van der Waals surface area contributed by atoms with E-state index >= 15 is 0 Å². The molecule has 1 atom stereocenters. The van der Waals surface area contributed by atoms with Gasteiger partial charge in [0.05, 0.1) is 5.56 Å². The van der Waals surface area contributed by atoms with Gasteiger partial charge in [-0.05, 0) is 47.6 Å². The van der Waals surface area contributed by atoms with Crippen LogP contribution in [0.1, 0.15) is 46.1 Å². The number of anilines is 1. The number of carbonyl (C=O) groups is 1. The van der Waals surface area contributed by atoms with Crippen LogP contribution < -0.4 is 5.32 Å². The predicted octanol–water partition coefficient (Wildman–Crippen LogP) is 5.54. The maximum Gasteiger partial charge on any atom is 0.256 e. The highest BCUT2D eigenvalue weighted by molar-refractivity contribution is 7.16. The molecular formula is C22H20N2OS. The lowest BCUT2D eigenvalue weighted by Crippen LogP contribution is -2.13. The van der Waals surface area contributed by atoms with Crippen molar-refractivity contribution < 1.29 is 4.79 Å². The molecule has 1 aliphatic rings. The molecule has 4 rings (SSSR count). The Hall–Kier alpha value is -2.64. The van der Waals surface area contributed by atoms with Crippen LogP contribution in [0.25, 0.3) is 10.8 Å². The number of rotatable bonds is 3. The number of hydrogen-bond acceptors (Lipinski definition) is 3. The van der Waals surface area contributed by atoms with Gasteiger partial charge in [-0.2, -0.15) is 5.26 Å². The molecule has 0 spiro atoms. The van der Waals surface area contributed by atoms with Gasteiger partial charge in [-0.1, -0.05) is 49.7 Å². The highest BCUT2D eigenvalue weighted by Crippen LogP contribution is 2.40. The van der Waals surface area contributed by atoms with E-state index in [4.69, 9.17) is 0 Å². The number of thiophene rings is 1. The monoisotopic (exact) mass is 360 g/mol. The van der Waals surface area contributed by atoms with Gasteiger partial charge >= 0.3 is 0 Å². The van der Waals surface area contributed by atoms with Gasteiger partial charge in [0.15, 0.2) is 0 Å². The summed E-state index contributed by atoms with van der Waals surface area (Å²) >= 11 is 1.58. The Bertz CT molecular complexity index is 1020. The molecule has 4 heteroatoms. The zero-order valence-electron chi connectivity index (χ0n) is 14.7. The molecule has 0 saturated carbocycles. The maximum atomic E-state index is 12.9. The van der Waals surface area contributed by atoms with E-state index in [1.54, 1.807) is 11.3 Å². The predicted molar refractivity (Wildman–Crippen MR) is 107 cm³/mol. The van der Waals surface area contributed by atoms with Crippen molar-refractivity contribution in [3.05, 3.63) is 64.0 Å². The molecule has 130 valence electrons. The molecule has 0 fully saturated rings. The average molecular weight is 360 g/mol. The molecule has 0 unspecified atom stereocenters. The van der Waals surface area contributed by atoms with Crippen LogP contribution in [0.4, 0.5) is 5.00 Å². The molecule has 1 amide bonds. The smallest absolute Gasteiger partial charge is 0.256 e. The molecule has 3 aromatic rings. The lowest BCUT2D eigenvalue weighted by atomic mass is 9.86. The van der Waals surface area contributed by atoms with Crippen molar-refractivity contribution in [2.45, 2.75) is 32.6 Å². The zero-order chi connectivity index (χ0) is 18.1. The molecule has 0 bridgehead atoms. The molecule has 0 aliphatic heterocycles. The first-order valence-corrected chi connectivity index (χ1v) is 9.86. The molecule has 0 radical (unpaired) electrons. The Labute approximate surface area is 157 Å². The van der Waals surface area contributed by atoms with E-state index in [-0.39, 0.29) is 5.91 Å². The Kier molecular flexibility index (Phi) is 4.48. The second kappa shape index (κ2) is 6.93. The molecule has 3 nitrogen and oxygen atoms in total. The first kappa shape index (κ1) is 16.8. The largest absolute Gasteiger partial charge is 0.312 e. The van der Waals surface area contributed by atoms with Crippen molar-refractivity contribution in [3.63, 3.8) is 0 Å². The van der Waals surface area contributed by atoms with E-state index in [9.17, 15) is 10.1 Å². The highest BCUT2D eigenvalue weighted by Gasteiger charge is 2.26. The van der Waals surface area contributed by atoms with Crippen LogP contribution in [-0.2, 0) is 12.8 Å². The number of fused-ring (bicyclic) bond motifs is 2. The van der Waals surface area contributed by atoms with Gasteiger partial charge in [0.1, 0.15) is 11.1 Å². The fourth-order valence-electron chi connectivity index (χ4n) is 3.80. The zero-order valence-corrected chi connectivity index (χ0v) is 15.5. The molecule has 1 aromatic heterocycles. The second-order valence-electron chi connectivity index (χ2n) is 6.82. The summed E-state index contributed by atoms with van der Waals surface area (Å²) in [6.07, 6.45) is 4.26. The summed E-state index contributed by atoms with van der Waals surface area (Å²) in [5, 5.41) is 15.3. The van der Waals surface area contributed by atoms with Crippen molar-refractivity contribution in [2.24, 2.45) is 5.92 Å². The van der Waals surface area contributed by atoms with Crippen molar-refractivity contribution >= 4 is 33.0 Å². The summed E-state index contributed by atoms with van der Waals surface area (Å²) in [6, 6.07) is 15.9. The van der Waals surface area contributed by atoms with E-state index in [1.807, 2.05) is 42.5 Å². The summed E-state index contributed by atoms with van der Waals surface area (Å²) in [5.41, 5.74) is 2.45. The summed E-state index contributed by atoms with van der Waals surface area (Å²) < 4.78 is 0. The standard InChI is InChI=1S/C22H20N2OS/c1-2-14-10-11-17-19(13-23)22(26-20(17)12-14)24-21(25)18-9-5-7-15-6-3-4-8-16(15)18/h3-9,14H,2,10-12H2,1H3,(H,24,25)/t14-/m0/s1. The van der Waals surface area contributed by atoms with E-state index in [0.717, 1.165) is 42.0 Å². The lowest BCUT2D eigenvalue weighted by Gasteiger charge is -2.20. The molecule has 0 saturated heterocycles. The van der Waals surface area contributed by atoms with E-state index < -0.39 is 0 Å². The Morgan fingerprint density at radius 3 is 2.88 bits per heavy atom. The Balaban J connectivity index is 1.68. The van der Waals surface area contributed by atoms with E-state index in [1.165, 1.54) is 4.88 Å². The first-order chi connectivity index (χ1) is 12.7. The van der Waals surface area contributed by atoms with Gasteiger partial charge in [-0.15, -0.1) is 11.3 Å². The summed E-state index contributed by atoms with van der Waals surface area (Å²) in [6.45, 7) is 2.22. The Morgan fingerprint density at radius 2 is 2.08 bits per heavy atom. The van der Waals surface area contributed by atoms with Gasteiger partial charge in [0.2, 0.25) is 0 Å². The molecule has 26 heavy (non-hydrogen) atoms. The lowest BCUT2D eigenvalue weighted by molar-refractivity contribution is 0.102. The van der Waals surface area contributed by atoms with E-state index in [0.29, 0.717) is 22.0 Å².